The Hall–Kier alpha value is -3.71. The number of carbonyl (C=O) groups is 1. The van der Waals surface area contributed by atoms with Crippen molar-refractivity contribution in [3.63, 3.8) is 0 Å². The molecular formula is C20H22BrN7O2. The lowest BCUT2D eigenvalue weighted by atomic mass is 10.2. The number of nitrogens with two attached hydrogens (primary N) is 3. The summed E-state index contributed by atoms with van der Waals surface area (Å²) in [7, 11) is 0. The Morgan fingerprint density at radius 1 is 0.900 bits per heavy atom. The molecule has 0 radical (unpaired) electrons. The van der Waals surface area contributed by atoms with Gasteiger partial charge in [-0.1, -0.05) is 0 Å². The van der Waals surface area contributed by atoms with E-state index in [9.17, 15) is 4.79 Å². The number of hydrogen-bond donors (Lipinski definition) is 4. The van der Waals surface area contributed by atoms with Gasteiger partial charge in [0.25, 0.3) is 0 Å². The Kier molecular flexibility index (Phi) is 9.19. The maximum atomic E-state index is 10.4. The van der Waals surface area contributed by atoms with Crippen molar-refractivity contribution in [2.45, 2.75) is 20.8 Å². The summed E-state index contributed by atoms with van der Waals surface area (Å²) < 4.78 is 0.967. The number of aromatic nitrogens is 3. The van der Waals surface area contributed by atoms with Crippen LogP contribution >= 0.6 is 15.9 Å². The number of rotatable bonds is 1. The molecule has 3 aromatic heterocycles. The number of nitrogen functional groups attached to an aromatic ring is 3. The van der Waals surface area contributed by atoms with Crippen LogP contribution in [0.2, 0.25) is 0 Å². The smallest absolute Gasteiger partial charge is 0.337 e. The predicted octanol–water partition coefficient (Wildman–Crippen LogP) is 3.93. The molecule has 0 aliphatic rings. The van der Waals surface area contributed by atoms with Gasteiger partial charge in [0.15, 0.2) is 0 Å². The number of aryl methyl sites for hydroxylation is 3. The zero-order chi connectivity index (χ0) is 22.8. The van der Waals surface area contributed by atoms with Crippen LogP contribution < -0.4 is 17.2 Å². The number of carboxylic acids is 1. The second-order valence-corrected chi connectivity index (χ2v) is 7.01. The second kappa shape index (κ2) is 11.3. The minimum atomic E-state index is -0.986. The molecule has 30 heavy (non-hydrogen) atoms. The summed E-state index contributed by atoms with van der Waals surface area (Å²) in [5.41, 5.74) is 19.5. The molecule has 0 amide bonds. The fourth-order valence-electron chi connectivity index (χ4n) is 1.89. The summed E-state index contributed by atoms with van der Waals surface area (Å²) in [5.74, 6) is 0.473. The summed E-state index contributed by atoms with van der Waals surface area (Å²) in [5, 5.41) is 8.52. The number of anilines is 3. The van der Waals surface area contributed by atoms with Crippen LogP contribution in [0, 0.1) is 27.3 Å². The van der Waals surface area contributed by atoms with Crippen LogP contribution in [0.25, 0.3) is 4.85 Å². The molecule has 0 fully saturated rings. The number of hydrogen-bond acceptors (Lipinski definition) is 7. The van der Waals surface area contributed by atoms with Crippen molar-refractivity contribution in [1.82, 2.24) is 15.0 Å². The largest absolute Gasteiger partial charge is 0.478 e. The van der Waals surface area contributed by atoms with Crippen LogP contribution in [-0.4, -0.2) is 26.0 Å². The SMILES string of the molecule is Cc1cc(Br)cnc1N.Cc1cc(C(=O)O)cnc1N.[C-]#[N+]c1cnc(N)c(C)c1. The van der Waals surface area contributed by atoms with Crippen molar-refractivity contribution in [3.8, 4) is 0 Å². The highest BCUT2D eigenvalue weighted by molar-refractivity contribution is 9.10. The van der Waals surface area contributed by atoms with E-state index in [2.05, 4.69) is 35.7 Å². The van der Waals surface area contributed by atoms with E-state index < -0.39 is 5.97 Å². The molecule has 3 aromatic rings. The first-order chi connectivity index (χ1) is 14.0. The summed E-state index contributed by atoms with van der Waals surface area (Å²) in [4.78, 5) is 25.0. The quantitative estimate of drug-likeness (QED) is 0.388. The molecule has 3 rings (SSSR count). The average molecular weight is 472 g/mol. The molecule has 3 heterocycles. The molecule has 0 spiro atoms. The van der Waals surface area contributed by atoms with Gasteiger partial charge in [0, 0.05) is 23.1 Å². The van der Waals surface area contributed by atoms with E-state index in [1.165, 1.54) is 18.5 Å². The lowest BCUT2D eigenvalue weighted by Crippen LogP contribution is -2.01. The highest BCUT2D eigenvalue weighted by Crippen LogP contribution is 2.15. The topological polar surface area (TPSA) is 158 Å². The van der Waals surface area contributed by atoms with Crippen LogP contribution in [0.4, 0.5) is 23.1 Å². The fraction of sp³-hybridized carbons (Fsp3) is 0.150. The van der Waals surface area contributed by atoms with Gasteiger partial charge in [-0.05, 0) is 71.6 Å². The molecule has 0 aliphatic carbocycles. The molecule has 0 saturated carbocycles. The fourth-order valence-corrected chi connectivity index (χ4v) is 2.33. The normalized spacial score (nSPS) is 9.30. The molecule has 0 aromatic carbocycles. The number of aromatic carboxylic acids is 1. The van der Waals surface area contributed by atoms with Gasteiger partial charge in [-0.15, -0.1) is 0 Å². The monoisotopic (exact) mass is 471 g/mol. The predicted molar refractivity (Wildman–Crippen MR) is 121 cm³/mol. The molecule has 0 bridgehead atoms. The Bertz CT molecular complexity index is 1080. The van der Waals surface area contributed by atoms with Crippen molar-refractivity contribution in [3.05, 3.63) is 74.9 Å². The number of pyridine rings is 3. The maximum absolute atomic E-state index is 10.4. The summed E-state index contributed by atoms with van der Waals surface area (Å²) in [6, 6.07) is 5.14. The summed E-state index contributed by atoms with van der Waals surface area (Å²) >= 11 is 3.28. The van der Waals surface area contributed by atoms with Gasteiger partial charge in [-0.25, -0.2) is 19.6 Å². The van der Waals surface area contributed by atoms with E-state index >= 15 is 0 Å². The third-order valence-electron chi connectivity index (χ3n) is 3.68. The lowest BCUT2D eigenvalue weighted by molar-refractivity contribution is 0.0696. The van der Waals surface area contributed by atoms with Crippen molar-refractivity contribution in [1.29, 1.82) is 0 Å². The van der Waals surface area contributed by atoms with Crippen molar-refractivity contribution in [2.75, 3.05) is 17.2 Å². The van der Waals surface area contributed by atoms with E-state index in [1.54, 1.807) is 19.2 Å². The Balaban J connectivity index is 0.000000226. The molecule has 9 nitrogen and oxygen atoms in total. The zero-order valence-corrected chi connectivity index (χ0v) is 18.3. The van der Waals surface area contributed by atoms with Gasteiger partial charge in [-0.3, -0.25) is 4.98 Å². The second-order valence-electron chi connectivity index (χ2n) is 6.09. The van der Waals surface area contributed by atoms with Crippen LogP contribution in [-0.2, 0) is 0 Å². The van der Waals surface area contributed by atoms with E-state index in [-0.39, 0.29) is 5.56 Å². The molecule has 7 N–H and O–H groups in total. The van der Waals surface area contributed by atoms with E-state index in [0.29, 0.717) is 28.7 Å². The maximum Gasteiger partial charge on any atom is 0.337 e. The van der Waals surface area contributed by atoms with Gasteiger partial charge in [0.05, 0.1) is 12.1 Å². The molecule has 10 heteroatoms. The van der Waals surface area contributed by atoms with Crippen molar-refractivity contribution < 1.29 is 9.90 Å². The molecular weight excluding hydrogens is 450 g/mol. The van der Waals surface area contributed by atoms with E-state index in [1.807, 2.05) is 19.9 Å². The van der Waals surface area contributed by atoms with Crippen LogP contribution in [0.15, 0.2) is 41.3 Å². The standard InChI is InChI=1S/C7H7N3.C7H8N2O2.C6H7BrN2/c1-5-3-6(9-2)4-10-7(5)8;1-4-2-5(7(10)11)3-9-6(4)8;1-4-2-5(7)3-9-6(4)8/h3-4H,1H3,(H2,8,10);2-3H,1H3,(H2,8,9)(H,10,11);2-3H,1H3,(H2,8,9). The van der Waals surface area contributed by atoms with Crippen LogP contribution in [0.3, 0.4) is 0 Å². The Morgan fingerprint density at radius 2 is 1.37 bits per heavy atom. The van der Waals surface area contributed by atoms with Crippen molar-refractivity contribution in [2.24, 2.45) is 0 Å². The number of nitrogens with zero attached hydrogens (tertiary/aromatic N) is 4. The highest BCUT2D eigenvalue weighted by atomic mass is 79.9. The van der Waals surface area contributed by atoms with Gasteiger partial charge in [0.2, 0.25) is 5.69 Å². The van der Waals surface area contributed by atoms with Gasteiger partial charge >= 0.3 is 5.97 Å². The third kappa shape index (κ3) is 7.73. The van der Waals surface area contributed by atoms with E-state index in [0.717, 1.165) is 15.6 Å². The highest BCUT2D eigenvalue weighted by Gasteiger charge is 2.03. The Morgan fingerprint density at radius 3 is 1.77 bits per heavy atom. The molecule has 0 aliphatic heterocycles. The van der Waals surface area contributed by atoms with Crippen molar-refractivity contribution >= 4 is 45.0 Å². The molecule has 0 atom stereocenters. The zero-order valence-electron chi connectivity index (χ0n) is 16.7. The number of carboxylic acid groups (broad SMARTS) is 1. The minimum Gasteiger partial charge on any atom is -0.478 e. The van der Waals surface area contributed by atoms with E-state index in [4.69, 9.17) is 28.9 Å². The Labute approximate surface area is 182 Å². The van der Waals surface area contributed by atoms with Gasteiger partial charge in [0.1, 0.15) is 17.5 Å². The first kappa shape index (κ1) is 24.3. The van der Waals surface area contributed by atoms with Crippen LogP contribution in [0.5, 0.6) is 0 Å². The first-order valence-electron chi connectivity index (χ1n) is 8.47. The number of halogens is 1. The molecule has 0 unspecified atom stereocenters. The van der Waals surface area contributed by atoms with Gasteiger partial charge in [-0.2, -0.15) is 0 Å². The van der Waals surface area contributed by atoms with Gasteiger partial charge < -0.3 is 22.3 Å². The first-order valence-corrected chi connectivity index (χ1v) is 9.27. The summed E-state index contributed by atoms with van der Waals surface area (Å²) in [6.45, 7) is 12.1. The third-order valence-corrected chi connectivity index (χ3v) is 4.12. The summed E-state index contributed by atoms with van der Waals surface area (Å²) in [6.07, 6.45) is 4.39. The van der Waals surface area contributed by atoms with Crippen LogP contribution in [0.1, 0.15) is 27.0 Å². The average Bonchev–Trinajstić information content (AvgIpc) is 2.70. The lowest BCUT2D eigenvalue weighted by Gasteiger charge is -1.98. The molecule has 0 saturated heterocycles. The molecule has 156 valence electrons. The minimum absolute atomic E-state index is 0.164.